The number of ether oxygens (including phenoxy) is 4. The van der Waals surface area contributed by atoms with Crippen molar-refractivity contribution >= 4 is 56.5 Å². The maximum atomic E-state index is 14.0. The van der Waals surface area contributed by atoms with E-state index in [4.69, 9.17) is 42.1 Å². The Hall–Kier alpha value is -4.57. The van der Waals surface area contributed by atoms with Gasteiger partial charge in [-0.05, 0) is 104 Å². The van der Waals surface area contributed by atoms with Gasteiger partial charge >= 0.3 is 18.6 Å². The van der Waals surface area contributed by atoms with Crippen LogP contribution in [0.25, 0.3) is 0 Å². The molecular weight excluding hydrogens is 829 g/mol. The van der Waals surface area contributed by atoms with Gasteiger partial charge in [0.1, 0.15) is 6.10 Å². The lowest BCUT2D eigenvalue weighted by atomic mass is 9.86. The predicted octanol–water partition coefficient (Wildman–Crippen LogP) is 7.75. The number of nitrogens with zero attached hydrogens (tertiary/aromatic N) is 1. The lowest BCUT2D eigenvalue weighted by Crippen LogP contribution is -2.52. The maximum absolute atomic E-state index is 14.0. The van der Waals surface area contributed by atoms with Gasteiger partial charge in [-0.1, -0.05) is 59.6 Å². The number of hydrogen-bond donors (Lipinski definition) is 3. The number of alkyl halides is 2. The zero-order valence-electron chi connectivity index (χ0n) is 32.3. The second-order valence-corrected chi connectivity index (χ2v) is 18.0. The van der Waals surface area contributed by atoms with Gasteiger partial charge < -0.3 is 29.6 Å². The summed E-state index contributed by atoms with van der Waals surface area (Å²) in [5, 5.41) is 6.99. The molecule has 3 N–H and O–H groups in total. The van der Waals surface area contributed by atoms with Crippen LogP contribution in [0.3, 0.4) is 0 Å². The van der Waals surface area contributed by atoms with Crippen molar-refractivity contribution in [3.8, 4) is 11.5 Å². The third kappa shape index (κ3) is 11.6. The number of nitrogens with one attached hydrogen (secondary N) is 3. The standard InChI is InChI=1S/C42H46Cl2F2N4O8S/c1-59(53,54)49-32-16-29(15-31(19-32)48-39(27-5-3-2-4-6-27)41(52)57-38-22-50-13-11-26(38)12-14-50)40(51)56-24-30(17-33-34(43)20-47-21-35(33)44)28-9-10-36(58-42(45)46)37(18-28)55-23-25-7-8-25/h2-6,9-10,15-16,18-20,25-26,30,38-39,42,47-49H,7-8,11-14,17,21-24H2,1H3/t30-,38+,39?/m1/s1. The summed E-state index contributed by atoms with van der Waals surface area (Å²) in [4.78, 5) is 30.2. The number of sulfonamides is 1. The van der Waals surface area contributed by atoms with Gasteiger partial charge in [0, 0.05) is 29.4 Å². The zero-order chi connectivity index (χ0) is 41.7. The Kier molecular flexibility index (Phi) is 13.5. The first-order valence-corrected chi connectivity index (χ1v) is 22.2. The molecule has 316 valence electrons. The molecule has 0 aromatic heterocycles. The molecule has 0 amide bonds. The molecule has 3 aromatic carbocycles. The number of fused-ring (bicyclic) bond motifs is 3. The lowest BCUT2D eigenvalue weighted by molar-refractivity contribution is -0.159. The molecular formula is C42H46Cl2F2N4O8S. The van der Waals surface area contributed by atoms with Crippen LogP contribution in [0.4, 0.5) is 20.2 Å². The molecule has 8 rings (SSSR count). The monoisotopic (exact) mass is 874 g/mol. The molecule has 2 bridgehead atoms. The number of rotatable bonds is 18. The molecule has 0 radical (unpaired) electrons. The van der Waals surface area contributed by atoms with Crippen LogP contribution in [0.1, 0.15) is 65.5 Å². The molecule has 4 aliphatic heterocycles. The highest BCUT2D eigenvalue weighted by Crippen LogP contribution is 2.40. The number of hydrogen-bond acceptors (Lipinski definition) is 11. The van der Waals surface area contributed by atoms with Crippen LogP contribution in [-0.4, -0.2) is 83.6 Å². The Morgan fingerprint density at radius 1 is 0.949 bits per heavy atom. The number of piperidine rings is 3. The summed E-state index contributed by atoms with van der Waals surface area (Å²) in [6, 6.07) is 16.8. The van der Waals surface area contributed by atoms with Gasteiger partial charge in [0.2, 0.25) is 10.0 Å². The van der Waals surface area contributed by atoms with E-state index < -0.39 is 40.5 Å². The van der Waals surface area contributed by atoms with Crippen LogP contribution < -0.4 is 24.8 Å². The number of carbonyl (C=O) groups excluding carboxylic acids is 2. The van der Waals surface area contributed by atoms with Crippen molar-refractivity contribution in [3.05, 3.63) is 105 Å². The van der Waals surface area contributed by atoms with E-state index >= 15 is 0 Å². The summed E-state index contributed by atoms with van der Waals surface area (Å²) < 4.78 is 76.7. The minimum atomic E-state index is -3.80. The van der Waals surface area contributed by atoms with Gasteiger partial charge in [0.15, 0.2) is 17.5 Å². The Labute approximate surface area is 352 Å². The summed E-state index contributed by atoms with van der Waals surface area (Å²) in [5.41, 5.74) is 2.06. The Morgan fingerprint density at radius 3 is 2.36 bits per heavy atom. The van der Waals surface area contributed by atoms with Crippen molar-refractivity contribution in [2.75, 3.05) is 55.7 Å². The van der Waals surface area contributed by atoms with E-state index in [1.807, 2.05) is 6.07 Å². The lowest BCUT2D eigenvalue weighted by Gasteiger charge is -2.44. The smallest absolute Gasteiger partial charge is 0.387 e. The largest absolute Gasteiger partial charge is 0.489 e. The summed E-state index contributed by atoms with van der Waals surface area (Å²) in [6.45, 7) is -0.0360. The summed E-state index contributed by atoms with van der Waals surface area (Å²) in [5.74, 6) is -1.34. The first kappa shape index (κ1) is 42.6. The molecule has 3 aromatic rings. The Bertz CT molecular complexity index is 2180. The minimum absolute atomic E-state index is 0.0244. The molecule has 3 atom stereocenters. The number of halogens is 4. The first-order chi connectivity index (χ1) is 28.3. The van der Waals surface area contributed by atoms with Crippen LogP contribution >= 0.6 is 23.2 Å². The highest BCUT2D eigenvalue weighted by Gasteiger charge is 2.38. The molecule has 4 fully saturated rings. The molecule has 59 heavy (non-hydrogen) atoms. The molecule has 5 aliphatic rings. The van der Waals surface area contributed by atoms with Crippen LogP contribution in [0.5, 0.6) is 11.5 Å². The fourth-order valence-corrected chi connectivity index (χ4v) is 8.69. The van der Waals surface area contributed by atoms with Crippen molar-refractivity contribution in [1.82, 2.24) is 10.2 Å². The fourth-order valence-electron chi connectivity index (χ4n) is 7.57. The molecule has 1 aliphatic carbocycles. The first-order valence-electron chi connectivity index (χ1n) is 19.5. The van der Waals surface area contributed by atoms with Crippen molar-refractivity contribution in [2.24, 2.45) is 11.8 Å². The van der Waals surface area contributed by atoms with Crippen LogP contribution in [0, 0.1) is 11.8 Å². The van der Waals surface area contributed by atoms with E-state index in [9.17, 15) is 26.8 Å². The summed E-state index contributed by atoms with van der Waals surface area (Å²) >= 11 is 13.2. The van der Waals surface area contributed by atoms with E-state index in [1.165, 1.54) is 24.3 Å². The van der Waals surface area contributed by atoms with Crippen LogP contribution in [-0.2, 0) is 24.3 Å². The third-order valence-electron chi connectivity index (χ3n) is 10.8. The van der Waals surface area contributed by atoms with E-state index in [1.54, 1.807) is 42.6 Å². The topological polar surface area (TPSA) is 145 Å². The molecule has 17 heteroatoms. The Balaban J connectivity index is 1.16. The molecule has 4 heterocycles. The molecule has 0 spiro atoms. The SMILES string of the molecule is CS(=O)(=O)Nc1cc(NC(C(=O)O[C@H]2CN3CCC2CC3)c2ccccc2)cc(C(=O)OC[C@@H](CC2=C(Cl)CNC=C2Cl)c2ccc(OC(F)F)c(OCC3CC3)c2)c1. The fraction of sp³-hybridized carbons (Fsp3) is 0.429. The van der Waals surface area contributed by atoms with E-state index in [-0.39, 0.29) is 53.5 Å². The second kappa shape index (κ2) is 18.8. The summed E-state index contributed by atoms with van der Waals surface area (Å²) in [7, 11) is -3.80. The average Bonchev–Trinajstić information content (AvgIpc) is 4.04. The highest BCUT2D eigenvalue weighted by atomic mass is 35.5. The normalized spacial score (nSPS) is 21.2. The van der Waals surface area contributed by atoms with Gasteiger partial charge in [-0.15, -0.1) is 0 Å². The van der Waals surface area contributed by atoms with Crippen molar-refractivity contribution in [2.45, 2.75) is 56.8 Å². The van der Waals surface area contributed by atoms with Crippen molar-refractivity contribution in [3.63, 3.8) is 0 Å². The Morgan fingerprint density at radius 2 is 1.69 bits per heavy atom. The van der Waals surface area contributed by atoms with E-state index in [2.05, 4.69) is 20.3 Å². The van der Waals surface area contributed by atoms with Crippen molar-refractivity contribution < 1.29 is 45.7 Å². The minimum Gasteiger partial charge on any atom is -0.489 e. The average molecular weight is 876 g/mol. The quantitative estimate of drug-likeness (QED) is 0.108. The highest BCUT2D eigenvalue weighted by molar-refractivity contribution is 7.92. The zero-order valence-corrected chi connectivity index (χ0v) is 34.6. The van der Waals surface area contributed by atoms with Crippen LogP contribution in [0.15, 0.2) is 88.6 Å². The predicted molar refractivity (Wildman–Crippen MR) is 221 cm³/mol. The van der Waals surface area contributed by atoms with Gasteiger partial charge in [-0.25, -0.2) is 18.0 Å². The number of esters is 2. The van der Waals surface area contributed by atoms with Gasteiger partial charge in [0.05, 0.1) is 42.3 Å². The summed E-state index contributed by atoms with van der Waals surface area (Å²) in [6.07, 6.45) is 6.38. The van der Waals surface area contributed by atoms with Gasteiger partial charge in [-0.2, -0.15) is 8.78 Å². The molecule has 1 saturated carbocycles. The van der Waals surface area contributed by atoms with Crippen LogP contribution in [0.2, 0.25) is 0 Å². The number of dihydropyridines is 1. The van der Waals surface area contributed by atoms with Gasteiger partial charge in [0.25, 0.3) is 0 Å². The maximum Gasteiger partial charge on any atom is 0.387 e. The molecule has 3 saturated heterocycles. The number of benzene rings is 3. The van der Waals surface area contributed by atoms with Crippen molar-refractivity contribution in [1.29, 1.82) is 0 Å². The number of anilines is 2. The third-order valence-corrected chi connectivity index (χ3v) is 12.1. The number of allylic oxidation sites excluding steroid dienone is 2. The molecule has 1 unspecified atom stereocenters. The van der Waals surface area contributed by atoms with E-state index in [0.717, 1.165) is 45.0 Å². The second-order valence-electron chi connectivity index (χ2n) is 15.4. The van der Waals surface area contributed by atoms with E-state index in [0.29, 0.717) is 52.4 Å². The number of carbonyl (C=O) groups is 2. The van der Waals surface area contributed by atoms with Gasteiger partial charge in [-0.3, -0.25) is 9.62 Å². The molecule has 12 nitrogen and oxygen atoms in total.